The second-order valence-electron chi connectivity index (χ2n) is 10.8. The lowest BCUT2D eigenvalue weighted by atomic mass is 9.62. The molecule has 2 aliphatic carbocycles. The first-order valence-electron chi connectivity index (χ1n) is 13.2. The first kappa shape index (κ1) is 24.4. The van der Waals surface area contributed by atoms with E-state index < -0.39 is 5.92 Å². The summed E-state index contributed by atoms with van der Waals surface area (Å²) in [6.07, 6.45) is 7.30. The number of nitrogens with zero attached hydrogens (tertiary/aromatic N) is 3. The fraction of sp³-hybridized carbons (Fsp3) is 0.500. The number of hydrogen-bond donors (Lipinski definition) is 0. The number of aryl methyl sites for hydroxylation is 2. The molecule has 3 aliphatic rings. The van der Waals surface area contributed by atoms with Crippen LogP contribution in [0.5, 0.6) is 0 Å². The summed E-state index contributed by atoms with van der Waals surface area (Å²) in [4.78, 5) is 46.1. The third-order valence-electron chi connectivity index (χ3n) is 8.39. The van der Waals surface area contributed by atoms with Crippen molar-refractivity contribution in [2.24, 2.45) is 11.3 Å². The molecule has 6 heteroatoms. The van der Waals surface area contributed by atoms with E-state index in [9.17, 15) is 14.4 Å². The van der Waals surface area contributed by atoms with Crippen molar-refractivity contribution in [1.29, 1.82) is 5.26 Å². The second kappa shape index (κ2) is 9.61. The standard InChI is InChI=1S/C30H33N3O3/c1-3-20-13-23(24-8-5-19(17-31)18-32-24)14-21(4-2)27(20)28-25(34)15-30(16-26(28)35)9-11-33(12-10-30)29(36)22-6-7-22/h5,8,13-14,18,22,28H,3-4,6-7,9-12,15-16H2,1-2H3. The summed E-state index contributed by atoms with van der Waals surface area (Å²) < 4.78 is 0. The highest BCUT2D eigenvalue weighted by Crippen LogP contribution is 2.47. The maximum absolute atomic E-state index is 13.6. The van der Waals surface area contributed by atoms with Gasteiger partial charge in [-0.3, -0.25) is 19.4 Å². The zero-order chi connectivity index (χ0) is 25.4. The molecule has 2 heterocycles. The Bertz CT molecular complexity index is 1200. The summed E-state index contributed by atoms with van der Waals surface area (Å²) in [6, 6.07) is 9.79. The number of aromatic nitrogens is 1. The molecule has 0 radical (unpaired) electrons. The zero-order valence-electron chi connectivity index (χ0n) is 21.2. The average Bonchev–Trinajstić information content (AvgIpc) is 3.74. The van der Waals surface area contributed by atoms with Crippen molar-refractivity contribution in [3.63, 3.8) is 0 Å². The Labute approximate surface area is 212 Å². The van der Waals surface area contributed by atoms with Crippen molar-refractivity contribution in [3.05, 3.63) is 52.7 Å². The Morgan fingerprint density at radius 1 is 1.06 bits per heavy atom. The number of piperidine rings is 1. The minimum Gasteiger partial charge on any atom is -0.342 e. The molecule has 6 nitrogen and oxygen atoms in total. The summed E-state index contributed by atoms with van der Waals surface area (Å²) in [6.45, 7) is 5.43. The molecule has 0 bridgehead atoms. The minimum absolute atomic E-state index is 0.0295. The number of benzene rings is 1. The van der Waals surface area contributed by atoms with E-state index in [1.165, 1.54) is 0 Å². The Morgan fingerprint density at radius 2 is 1.67 bits per heavy atom. The maximum atomic E-state index is 13.6. The van der Waals surface area contributed by atoms with Gasteiger partial charge < -0.3 is 4.90 Å². The molecule has 5 rings (SSSR count). The quantitative estimate of drug-likeness (QED) is 0.571. The SMILES string of the molecule is CCc1cc(-c2ccc(C#N)cn2)cc(CC)c1C1C(=O)CC2(CCN(C(=O)C3CC3)CC2)CC1=O. The third-order valence-corrected chi connectivity index (χ3v) is 8.39. The summed E-state index contributed by atoms with van der Waals surface area (Å²) in [5.74, 6) is -0.174. The number of pyridine rings is 1. The lowest BCUT2D eigenvalue weighted by Gasteiger charge is -2.45. The Hall–Kier alpha value is -3.33. The minimum atomic E-state index is -0.699. The molecule has 1 aromatic carbocycles. The Balaban J connectivity index is 1.40. The van der Waals surface area contributed by atoms with E-state index in [1.54, 1.807) is 12.3 Å². The molecule has 1 saturated heterocycles. The molecule has 3 fully saturated rings. The first-order chi connectivity index (χ1) is 17.4. The van der Waals surface area contributed by atoms with E-state index in [1.807, 2.05) is 11.0 Å². The van der Waals surface area contributed by atoms with Crippen LogP contribution >= 0.6 is 0 Å². The summed E-state index contributed by atoms with van der Waals surface area (Å²) in [5, 5.41) is 9.08. The molecule has 0 atom stereocenters. The largest absolute Gasteiger partial charge is 0.342 e. The van der Waals surface area contributed by atoms with Crippen molar-refractivity contribution >= 4 is 17.5 Å². The number of carbonyl (C=O) groups is 3. The topological polar surface area (TPSA) is 91.1 Å². The smallest absolute Gasteiger partial charge is 0.225 e. The van der Waals surface area contributed by atoms with Gasteiger partial charge in [-0.1, -0.05) is 13.8 Å². The lowest BCUT2D eigenvalue weighted by Crippen LogP contribution is -2.48. The van der Waals surface area contributed by atoms with Gasteiger partial charge in [-0.15, -0.1) is 0 Å². The van der Waals surface area contributed by atoms with Gasteiger partial charge in [0.05, 0.1) is 11.3 Å². The van der Waals surface area contributed by atoms with Gasteiger partial charge in [0, 0.05) is 43.6 Å². The molecule has 1 amide bonds. The van der Waals surface area contributed by atoms with E-state index in [-0.39, 0.29) is 28.8 Å². The van der Waals surface area contributed by atoms with Crippen molar-refractivity contribution in [2.45, 2.75) is 71.1 Å². The number of Topliss-reactive ketones (excluding diaryl/α,β-unsaturated/α-hetero) is 2. The molecule has 2 aromatic rings. The number of amides is 1. The van der Waals surface area contributed by atoms with Crippen LogP contribution in [0.25, 0.3) is 11.3 Å². The highest BCUT2D eigenvalue weighted by Gasteiger charge is 2.48. The van der Waals surface area contributed by atoms with Gasteiger partial charge in [0.15, 0.2) is 0 Å². The van der Waals surface area contributed by atoms with Crippen molar-refractivity contribution in [2.75, 3.05) is 13.1 Å². The van der Waals surface area contributed by atoms with E-state index in [0.29, 0.717) is 44.3 Å². The van der Waals surface area contributed by atoms with Crippen LogP contribution in [0.3, 0.4) is 0 Å². The van der Waals surface area contributed by atoms with Crippen LogP contribution in [0.15, 0.2) is 30.5 Å². The van der Waals surface area contributed by atoms with Crippen molar-refractivity contribution in [1.82, 2.24) is 9.88 Å². The fourth-order valence-electron chi connectivity index (χ4n) is 6.16. The molecule has 1 spiro atoms. The van der Waals surface area contributed by atoms with Gasteiger partial charge >= 0.3 is 0 Å². The summed E-state index contributed by atoms with van der Waals surface area (Å²) >= 11 is 0. The van der Waals surface area contributed by atoms with E-state index in [2.05, 4.69) is 37.0 Å². The number of nitriles is 1. The van der Waals surface area contributed by atoms with Crippen LogP contribution in [-0.4, -0.2) is 40.4 Å². The molecule has 0 unspecified atom stereocenters. The van der Waals surface area contributed by atoms with Gasteiger partial charge in [-0.2, -0.15) is 5.26 Å². The van der Waals surface area contributed by atoms with E-state index >= 15 is 0 Å². The van der Waals surface area contributed by atoms with Crippen molar-refractivity contribution in [3.8, 4) is 17.3 Å². The molecule has 1 aromatic heterocycles. The van der Waals surface area contributed by atoms with Gasteiger partial charge in [-0.05, 0) is 84.9 Å². The summed E-state index contributed by atoms with van der Waals surface area (Å²) in [5.41, 5.74) is 4.86. The normalized spacial score (nSPS) is 20.0. The van der Waals surface area contributed by atoms with Crippen LogP contribution in [0.2, 0.25) is 0 Å². The number of carbonyl (C=O) groups excluding carboxylic acids is 3. The predicted octanol–water partition coefficient (Wildman–Crippen LogP) is 4.78. The predicted molar refractivity (Wildman–Crippen MR) is 136 cm³/mol. The average molecular weight is 484 g/mol. The summed E-state index contributed by atoms with van der Waals surface area (Å²) in [7, 11) is 0. The Morgan fingerprint density at radius 3 is 2.14 bits per heavy atom. The molecule has 2 saturated carbocycles. The van der Waals surface area contributed by atoms with E-state index in [4.69, 9.17) is 5.26 Å². The van der Waals surface area contributed by atoms with Gasteiger partial charge in [0.2, 0.25) is 5.91 Å². The molecular weight excluding hydrogens is 450 g/mol. The number of hydrogen-bond acceptors (Lipinski definition) is 5. The van der Waals surface area contributed by atoms with Crippen LogP contribution in [0, 0.1) is 22.7 Å². The molecule has 36 heavy (non-hydrogen) atoms. The van der Waals surface area contributed by atoms with Gasteiger partial charge in [0.1, 0.15) is 23.6 Å². The second-order valence-corrected chi connectivity index (χ2v) is 10.8. The van der Waals surface area contributed by atoms with Gasteiger partial charge in [0.25, 0.3) is 0 Å². The lowest BCUT2D eigenvalue weighted by molar-refractivity contribution is -0.140. The van der Waals surface area contributed by atoms with Gasteiger partial charge in [-0.25, -0.2) is 0 Å². The van der Waals surface area contributed by atoms with Crippen LogP contribution < -0.4 is 0 Å². The van der Waals surface area contributed by atoms with Crippen LogP contribution in [0.4, 0.5) is 0 Å². The van der Waals surface area contributed by atoms with Crippen molar-refractivity contribution < 1.29 is 14.4 Å². The number of likely N-dealkylation sites (tertiary alicyclic amines) is 1. The van der Waals surface area contributed by atoms with Crippen LogP contribution in [-0.2, 0) is 27.2 Å². The first-order valence-corrected chi connectivity index (χ1v) is 13.2. The highest BCUT2D eigenvalue weighted by molar-refractivity contribution is 6.10. The highest BCUT2D eigenvalue weighted by atomic mass is 16.2. The van der Waals surface area contributed by atoms with Crippen LogP contribution in [0.1, 0.15) is 80.5 Å². The molecule has 186 valence electrons. The monoisotopic (exact) mass is 483 g/mol. The molecule has 1 aliphatic heterocycles. The molecular formula is C30H33N3O3. The maximum Gasteiger partial charge on any atom is 0.225 e. The fourth-order valence-corrected chi connectivity index (χ4v) is 6.16. The Kier molecular flexibility index (Phi) is 6.51. The molecule has 0 N–H and O–H groups in total. The third kappa shape index (κ3) is 4.48. The zero-order valence-corrected chi connectivity index (χ0v) is 21.2. The van der Waals surface area contributed by atoms with E-state index in [0.717, 1.165) is 53.6 Å². The number of ketones is 2. The number of rotatable bonds is 5.